The van der Waals surface area contributed by atoms with Crippen molar-refractivity contribution in [2.24, 2.45) is 0 Å². The number of rotatable bonds is 2. The highest BCUT2D eigenvalue weighted by Crippen LogP contribution is 2.33. The smallest absolute Gasteiger partial charge is 0.0608 e. The van der Waals surface area contributed by atoms with Gasteiger partial charge >= 0.3 is 0 Å². The zero-order valence-corrected chi connectivity index (χ0v) is 12.5. The van der Waals surface area contributed by atoms with E-state index in [1.165, 1.54) is 21.4 Å². The summed E-state index contributed by atoms with van der Waals surface area (Å²) in [6.07, 6.45) is 0. The summed E-state index contributed by atoms with van der Waals surface area (Å²) in [5, 5.41) is 3.49. The molecule has 0 radical (unpaired) electrons. The van der Waals surface area contributed by atoms with E-state index in [-0.39, 0.29) is 0 Å². The Labute approximate surface area is 122 Å². The summed E-state index contributed by atoms with van der Waals surface area (Å²) < 4.78 is 1.18. The maximum atomic E-state index is 3.64. The fourth-order valence-corrected chi connectivity index (χ4v) is 2.94. The molecule has 3 rings (SSSR count). The van der Waals surface area contributed by atoms with Gasteiger partial charge in [-0.25, -0.2) is 0 Å². The van der Waals surface area contributed by atoms with Crippen molar-refractivity contribution in [1.29, 1.82) is 0 Å². The van der Waals surface area contributed by atoms with E-state index in [4.69, 9.17) is 0 Å². The molecule has 0 fully saturated rings. The standard InChI is InChI=1S/C16H17BrN2/c1-12-10-18-15-8-4-5-9-16(15)19(12)11-13-6-2-3-7-14(13)17/h2-9,12,18H,10-11H2,1H3. The van der Waals surface area contributed by atoms with Crippen LogP contribution in [-0.4, -0.2) is 12.6 Å². The summed E-state index contributed by atoms with van der Waals surface area (Å²) in [6.45, 7) is 4.18. The number of para-hydroxylation sites is 2. The molecule has 1 atom stereocenters. The molecule has 0 aliphatic carbocycles. The van der Waals surface area contributed by atoms with E-state index in [2.05, 4.69) is 81.6 Å². The van der Waals surface area contributed by atoms with E-state index in [9.17, 15) is 0 Å². The molecule has 1 heterocycles. The first-order valence-corrected chi connectivity index (χ1v) is 7.38. The first kappa shape index (κ1) is 12.5. The molecule has 0 bridgehead atoms. The van der Waals surface area contributed by atoms with Crippen LogP contribution in [0.5, 0.6) is 0 Å². The maximum absolute atomic E-state index is 3.64. The second-order valence-electron chi connectivity index (χ2n) is 4.97. The SMILES string of the molecule is CC1CNc2ccccc2N1Cc1ccccc1Br. The molecule has 1 unspecified atom stereocenters. The average Bonchev–Trinajstić information content (AvgIpc) is 2.44. The minimum atomic E-state index is 0.488. The van der Waals surface area contributed by atoms with Crippen LogP contribution >= 0.6 is 15.9 Å². The topological polar surface area (TPSA) is 15.3 Å². The predicted octanol–water partition coefficient (Wildman–Crippen LogP) is 4.27. The molecule has 0 spiro atoms. The largest absolute Gasteiger partial charge is 0.381 e. The monoisotopic (exact) mass is 316 g/mol. The van der Waals surface area contributed by atoms with Crippen molar-refractivity contribution in [2.45, 2.75) is 19.5 Å². The van der Waals surface area contributed by atoms with Crippen molar-refractivity contribution in [3.05, 3.63) is 58.6 Å². The van der Waals surface area contributed by atoms with Gasteiger partial charge < -0.3 is 10.2 Å². The Morgan fingerprint density at radius 2 is 1.89 bits per heavy atom. The van der Waals surface area contributed by atoms with Crippen LogP contribution in [0.3, 0.4) is 0 Å². The summed E-state index contributed by atoms with van der Waals surface area (Å²) in [6, 6.07) is 17.5. The third-order valence-corrected chi connectivity index (χ3v) is 4.41. The zero-order valence-electron chi connectivity index (χ0n) is 10.9. The maximum Gasteiger partial charge on any atom is 0.0608 e. The fraction of sp³-hybridized carbons (Fsp3) is 0.250. The number of nitrogens with one attached hydrogen (secondary N) is 1. The number of hydrogen-bond donors (Lipinski definition) is 1. The molecule has 0 amide bonds. The summed E-state index contributed by atoms with van der Waals surface area (Å²) in [7, 11) is 0. The summed E-state index contributed by atoms with van der Waals surface area (Å²) >= 11 is 3.64. The van der Waals surface area contributed by atoms with Crippen LogP contribution in [0.4, 0.5) is 11.4 Å². The van der Waals surface area contributed by atoms with Crippen molar-refractivity contribution in [3.8, 4) is 0 Å². The Hall–Kier alpha value is -1.48. The second-order valence-corrected chi connectivity index (χ2v) is 5.82. The molecule has 0 aromatic heterocycles. The van der Waals surface area contributed by atoms with Crippen molar-refractivity contribution < 1.29 is 0 Å². The lowest BCUT2D eigenvalue weighted by Gasteiger charge is -2.38. The van der Waals surface area contributed by atoms with Crippen molar-refractivity contribution >= 4 is 27.3 Å². The highest BCUT2D eigenvalue weighted by atomic mass is 79.9. The fourth-order valence-electron chi connectivity index (χ4n) is 2.53. The van der Waals surface area contributed by atoms with Crippen molar-refractivity contribution in [2.75, 3.05) is 16.8 Å². The van der Waals surface area contributed by atoms with E-state index >= 15 is 0 Å². The Balaban J connectivity index is 1.94. The van der Waals surface area contributed by atoms with Crippen LogP contribution in [0.1, 0.15) is 12.5 Å². The van der Waals surface area contributed by atoms with Crippen molar-refractivity contribution in [3.63, 3.8) is 0 Å². The van der Waals surface area contributed by atoms with Gasteiger partial charge in [0, 0.05) is 23.6 Å². The summed E-state index contributed by atoms with van der Waals surface area (Å²) in [5.74, 6) is 0. The number of halogens is 1. The highest BCUT2D eigenvalue weighted by Gasteiger charge is 2.22. The number of nitrogens with zero attached hydrogens (tertiary/aromatic N) is 1. The van der Waals surface area contributed by atoms with Gasteiger partial charge in [0.2, 0.25) is 0 Å². The van der Waals surface area contributed by atoms with E-state index in [0.29, 0.717) is 6.04 Å². The van der Waals surface area contributed by atoms with Gasteiger partial charge in [-0.05, 0) is 30.7 Å². The molecular weight excluding hydrogens is 300 g/mol. The summed E-state index contributed by atoms with van der Waals surface area (Å²) in [5.41, 5.74) is 3.84. The average molecular weight is 317 g/mol. The zero-order chi connectivity index (χ0) is 13.2. The van der Waals surface area contributed by atoms with Gasteiger partial charge in [-0.15, -0.1) is 0 Å². The molecular formula is C16H17BrN2. The van der Waals surface area contributed by atoms with Gasteiger partial charge in [0.15, 0.2) is 0 Å². The molecule has 1 aliphatic heterocycles. The van der Waals surface area contributed by atoms with Gasteiger partial charge in [-0.1, -0.05) is 46.3 Å². The van der Waals surface area contributed by atoms with Crippen LogP contribution < -0.4 is 10.2 Å². The van der Waals surface area contributed by atoms with Gasteiger partial charge in [0.1, 0.15) is 0 Å². The lowest BCUT2D eigenvalue weighted by atomic mass is 10.1. The lowest BCUT2D eigenvalue weighted by molar-refractivity contribution is 0.640. The molecule has 2 aromatic rings. The Morgan fingerprint density at radius 3 is 2.74 bits per heavy atom. The van der Waals surface area contributed by atoms with Crippen LogP contribution in [0.25, 0.3) is 0 Å². The van der Waals surface area contributed by atoms with Gasteiger partial charge in [-0.3, -0.25) is 0 Å². The molecule has 0 saturated carbocycles. The molecule has 0 saturated heterocycles. The number of anilines is 2. The first-order valence-electron chi connectivity index (χ1n) is 6.58. The third-order valence-electron chi connectivity index (χ3n) is 3.63. The molecule has 1 aliphatic rings. The molecule has 98 valence electrons. The van der Waals surface area contributed by atoms with Crippen molar-refractivity contribution in [1.82, 2.24) is 0 Å². The lowest BCUT2D eigenvalue weighted by Crippen LogP contribution is -2.41. The van der Waals surface area contributed by atoms with Crippen LogP contribution in [0, 0.1) is 0 Å². The minimum absolute atomic E-state index is 0.488. The van der Waals surface area contributed by atoms with E-state index in [0.717, 1.165) is 13.1 Å². The number of hydrogen-bond acceptors (Lipinski definition) is 2. The molecule has 2 aromatic carbocycles. The Bertz CT molecular complexity index is 582. The van der Waals surface area contributed by atoms with E-state index in [1.807, 2.05) is 0 Å². The predicted molar refractivity (Wildman–Crippen MR) is 84.7 cm³/mol. The molecule has 1 N–H and O–H groups in total. The van der Waals surface area contributed by atoms with E-state index < -0.39 is 0 Å². The Morgan fingerprint density at radius 1 is 1.16 bits per heavy atom. The second kappa shape index (κ2) is 5.25. The molecule has 19 heavy (non-hydrogen) atoms. The van der Waals surface area contributed by atoms with Crippen LogP contribution in [0.15, 0.2) is 53.0 Å². The highest BCUT2D eigenvalue weighted by molar-refractivity contribution is 9.10. The van der Waals surface area contributed by atoms with Gasteiger partial charge in [0.25, 0.3) is 0 Å². The molecule has 3 heteroatoms. The van der Waals surface area contributed by atoms with Gasteiger partial charge in [0.05, 0.1) is 11.4 Å². The number of benzene rings is 2. The first-order chi connectivity index (χ1) is 9.25. The quantitative estimate of drug-likeness (QED) is 0.890. The summed E-state index contributed by atoms with van der Waals surface area (Å²) in [4.78, 5) is 2.46. The minimum Gasteiger partial charge on any atom is -0.381 e. The number of fused-ring (bicyclic) bond motifs is 1. The van der Waals surface area contributed by atoms with Crippen LogP contribution in [0.2, 0.25) is 0 Å². The third kappa shape index (κ3) is 2.47. The van der Waals surface area contributed by atoms with Gasteiger partial charge in [-0.2, -0.15) is 0 Å². The van der Waals surface area contributed by atoms with E-state index in [1.54, 1.807) is 0 Å². The van der Waals surface area contributed by atoms with Crippen LogP contribution in [-0.2, 0) is 6.54 Å². The molecule has 2 nitrogen and oxygen atoms in total. The Kier molecular flexibility index (Phi) is 3.47. The normalized spacial score (nSPS) is 17.8.